The smallest absolute Gasteiger partial charge is 0.321 e. The van der Waals surface area contributed by atoms with E-state index in [4.69, 9.17) is 5.11 Å². The predicted octanol–water partition coefficient (Wildman–Crippen LogP) is 0.0599. The first-order valence-electron chi connectivity index (χ1n) is 3.94. The molecule has 0 amide bonds. The minimum absolute atomic E-state index is 0.465. The zero-order valence-electron chi connectivity index (χ0n) is 6.71. The molecule has 1 fully saturated rings. The Hall–Kier alpha value is -0.610. The summed E-state index contributed by atoms with van der Waals surface area (Å²) in [7, 11) is 0. The molecule has 1 aliphatic heterocycles. The van der Waals surface area contributed by atoms with Crippen LogP contribution in [0.4, 0.5) is 0 Å². The predicted molar refractivity (Wildman–Crippen MR) is 41.0 cm³/mol. The van der Waals surface area contributed by atoms with Crippen molar-refractivity contribution in [2.24, 2.45) is 0 Å². The van der Waals surface area contributed by atoms with Gasteiger partial charge in [-0.05, 0) is 19.8 Å². The van der Waals surface area contributed by atoms with Crippen molar-refractivity contribution in [2.45, 2.75) is 25.8 Å². The van der Waals surface area contributed by atoms with Gasteiger partial charge in [-0.25, -0.2) is 10.4 Å². The van der Waals surface area contributed by atoms with E-state index in [1.54, 1.807) is 6.92 Å². The van der Waals surface area contributed by atoms with E-state index in [1.807, 2.05) is 5.01 Å². The van der Waals surface area contributed by atoms with Gasteiger partial charge in [-0.2, -0.15) is 0 Å². The van der Waals surface area contributed by atoms with Crippen molar-refractivity contribution >= 4 is 5.97 Å². The van der Waals surface area contributed by atoms with E-state index >= 15 is 0 Å². The Morgan fingerprint density at radius 2 is 2.09 bits per heavy atom. The van der Waals surface area contributed by atoms with Gasteiger partial charge >= 0.3 is 5.97 Å². The van der Waals surface area contributed by atoms with E-state index < -0.39 is 12.0 Å². The van der Waals surface area contributed by atoms with Gasteiger partial charge in [-0.15, -0.1) is 0 Å². The number of hydrogen-bond acceptors (Lipinski definition) is 3. The third-order valence-corrected chi connectivity index (χ3v) is 1.85. The number of hydrazine groups is 1. The van der Waals surface area contributed by atoms with Crippen LogP contribution in [0.2, 0.25) is 0 Å². The second-order valence-electron chi connectivity index (χ2n) is 2.88. The molecule has 0 aromatic carbocycles. The summed E-state index contributed by atoms with van der Waals surface area (Å²) in [5.74, 6) is -0.795. The summed E-state index contributed by atoms with van der Waals surface area (Å²) in [6.07, 6.45) is 2.33. The number of rotatable bonds is 3. The van der Waals surface area contributed by atoms with Crippen LogP contribution in [0.3, 0.4) is 0 Å². The lowest BCUT2D eigenvalue weighted by atomic mass is 10.4. The molecular weight excluding hydrogens is 144 g/mol. The number of carbonyl (C=O) groups is 1. The molecule has 0 aromatic heterocycles. The number of nitrogens with one attached hydrogen (secondary N) is 1. The zero-order chi connectivity index (χ0) is 8.27. The van der Waals surface area contributed by atoms with Crippen molar-refractivity contribution in [3.05, 3.63) is 0 Å². The first-order chi connectivity index (χ1) is 5.20. The molecule has 2 N–H and O–H groups in total. The molecule has 4 nitrogen and oxygen atoms in total. The van der Waals surface area contributed by atoms with Crippen LogP contribution in [-0.2, 0) is 4.79 Å². The molecule has 64 valence electrons. The highest BCUT2D eigenvalue weighted by molar-refractivity contribution is 5.72. The van der Waals surface area contributed by atoms with Crippen molar-refractivity contribution in [1.29, 1.82) is 0 Å². The quantitative estimate of drug-likeness (QED) is 0.610. The Bertz CT molecular complexity index is 143. The topological polar surface area (TPSA) is 52.6 Å². The Kier molecular flexibility index (Phi) is 2.84. The van der Waals surface area contributed by atoms with Gasteiger partial charge in [0.15, 0.2) is 0 Å². The summed E-state index contributed by atoms with van der Waals surface area (Å²) >= 11 is 0. The summed E-state index contributed by atoms with van der Waals surface area (Å²) in [5.41, 5.74) is 2.91. The van der Waals surface area contributed by atoms with Crippen molar-refractivity contribution in [1.82, 2.24) is 10.4 Å². The standard InChI is InChI=1S/C7H14N2O2/c1-6(7(10)11)8-9-4-2-3-5-9/h6,8H,2-5H2,1H3,(H,10,11)/t6-/m0/s1. The van der Waals surface area contributed by atoms with Crippen LogP contribution < -0.4 is 5.43 Å². The number of aliphatic carboxylic acids is 1. The van der Waals surface area contributed by atoms with Gasteiger partial charge in [0.05, 0.1) is 0 Å². The molecule has 1 heterocycles. The van der Waals surface area contributed by atoms with Crippen molar-refractivity contribution in [3.63, 3.8) is 0 Å². The number of hydrogen-bond donors (Lipinski definition) is 2. The highest BCUT2D eigenvalue weighted by atomic mass is 16.4. The van der Waals surface area contributed by atoms with Crippen molar-refractivity contribution < 1.29 is 9.90 Å². The van der Waals surface area contributed by atoms with Crippen molar-refractivity contribution in [3.8, 4) is 0 Å². The third kappa shape index (κ3) is 2.48. The normalized spacial score (nSPS) is 21.9. The summed E-state index contributed by atoms with van der Waals surface area (Å²) in [5, 5.41) is 10.5. The highest BCUT2D eigenvalue weighted by Gasteiger charge is 2.17. The molecule has 0 radical (unpaired) electrons. The highest BCUT2D eigenvalue weighted by Crippen LogP contribution is 2.04. The van der Waals surface area contributed by atoms with E-state index in [2.05, 4.69) is 5.43 Å². The van der Waals surface area contributed by atoms with E-state index in [0.717, 1.165) is 13.1 Å². The van der Waals surface area contributed by atoms with E-state index in [0.29, 0.717) is 0 Å². The van der Waals surface area contributed by atoms with Gasteiger partial charge in [0.1, 0.15) is 6.04 Å². The third-order valence-electron chi connectivity index (χ3n) is 1.85. The molecule has 0 aliphatic carbocycles. The Balaban J connectivity index is 2.23. The van der Waals surface area contributed by atoms with Gasteiger partial charge in [0, 0.05) is 13.1 Å². The second-order valence-corrected chi connectivity index (χ2v) is 2.88. The molecule has 1 aliphatic rings. The van der Waals surface area contributed by atoms with Crippen molar-refractivity contribution in [2.75, 3.05) is 13.1 Å². The average Bonchev–Trinajstić information content (AvgIpc) is 2.39. The van der Waals surface area contributed by atoms with Crippen LogP contribution in [0.25, 0.3) is 0 Å². The molecule has 0 aromatic rings. The average molecular weight is 158 g/mol. The van der Waals surface area contributed by atoms with Crippen LogP contribution in [0, 0.1) is 0 Å². The fraction of sp³-hybridized carbons (Fsp3) is 0.857. The van der Waals surface area contributed by atoms with Gasteiger partial charge < -0.3 is 5.11 Å². The first kappa shape index (κ1) is 8.49. The summed E-state index contributed by atoms with van der Waals surface area (Å²) < 4.78 is 0. The van der Waals surface area contributed by atoms with Crippen LogP contribution in [-0.4, -0.2) is 35.2 Å². The largest absolute Gasteiger partial charge is 0.480 e. The van der Waals surface area contributed by atoms with Gasteiger partial charge in [0.2, 0.25) is 0 Å². The van der Waals surface area contributed by atoms with Crippen LogP contribution in [0.15, 0.2) is 0 Å². The van der Waals surface area contributed by atoms with Gasteiger partial charge in [-0.3, -0.25) is 4.79 Å². The molecule has 1 saturated heterocycles. The molecule has 0 saturated carbocycles. The first-order valence-corrected chi connectivity index (χ1v) is 3.94. The zero-order valence-corrected chi connectivity index (χ0v) is 6.71. The summed E-state index contributed by atoms with van der Waals surface area (Å²) in [4.78, 5) is 10.4. The fourth-order valence-corrected chi connectivity index (χ4v) is 1.18. The monoisotopic (exact) mass is 158 g/mol. The minimum atomic E-state index is -0.795. The number of nitrogens with zero attached hydrogens (tertiary/aromatic N) is 1. The maximum absolute atomic E-state index is 10.4. The Morgan fingerprint density at radius 3 is 2.55 bits per heavy atom. The van der Waals surface area contributed by atoms with Crippen LogP contribution >= 0.6 is 0 Å². The van der Waals surface area contributed by atoms with Crippen LogP contribution in [0.5, 0.6) is 0 Å². The molecule has 11 heavy (non-hydrogen) atoms. The van der Waals surface area contributed by atoms with E-state index in [-0.39, 0.29) is 0 Å². The Labute approximate surface area is 66.2 Å². The lowest BCUT2D eigenvalue weighted by molar-refractivity contribution is -0.140. The molecule has 1 rings (SSSR count). The lowest BCUT2D eigenvalue weighted by Gasteiger charge is -2.19. The summed E-state index contributed by atoms with van der Waals surface area (Å²) in [6.45, 7) is 3.59. The lowest BCUT2D eigenvalue weighted by Crippen LogP contribution is -2.45. The van der Waals surface area contributed by atoms with E-state index in [1.165, 1.54) is 12.8 Å². The fourth-order valence-electron chi connectivity index (χ4n) is 1.18. The van der Waals surface area contributed by atoms with Gasteiger partial charge in [0.25, 0.3) is 0 Å². The maximum Gasteiger partial charge on any atom is 0.321 e. The molecular formula is C7H14N2O2. The van der Waals surface area contributed by atoms with Crippen LogP contribution in [0.1, 0.15) is 19.8 Å². The SMILES string of the molecule is C[C@H](NN1CCCC1)C(=O)O. The number of carboxylic acids is 1. The van der Waals surface area contributed by atoms with Gasteiger partial charge in [-0.1, -0.05) is 0 Å². The molecule has 0 bridgehead atoms. The van der Waals surface area contributed by atoms with E-state index in [9.17, 15) is 4.79 Å². The number of carboxylic acid groups (broad SMARTS) is 1. The summed E-state index contributed by atoms with van der Waals surface area (Å²) in [6, 6.07) is -0.465. The molecule has 0 unspecified atom stereocenters. The minimum Gasteiger partial charge on any atom is -0.480 e. The second kappa shape index (κ2) is 3.69. The molecule has 0 spiro atoms. The Morgan fingerprint density at radius 1 is 1.55 bits per heavy atom. The maximum atomic E-state index is 10.4. The molecule has 1 atom stereocenters. The molecule has 4 heteroatoms.